The molecule has 102 valence electrons. The van der Waals surface area contributed by atoms with Gasteiger partial charge in [0.1, 0.15) is 0 Å². The lowest BCUT2D eigenvalue weighted by molar-refractivity contribution is -0.123. The van der Waals surface area contributed by atoms with Crippen LogP contribution < -0.4 is 11.1 Å². The van der Waals surface area contributed by atoms with Crippen molar-refractivity contribution in [2.75, 3.05) is 6.54 Å². The summed E-state index contributed by atoms with van der Waals surface area (Å²) in [7, 11) is 0. The molecule has 0 aliphatic heterocycles. The van der Waals surface area contributed by atoms with Gasteiger partial charge >= 0.3 is 0 Å². The zero-order valence-corrected chi connectivity index (χ0v) is 12.0. The Kier molecular flexibility index (Phi) is 7.64. The molecule has 0 saturated carbocycles. The molecule has 0 aliphatic rings. The molecule has 18 heavy (non-hydrogen) atoms. The number of nitrogens with one attached hydrogen (secondary N) is 1. The van der Waals surface area contributed by atoms with Crippen LogP contribution in [-0.2, 0) is 4.79 Å². The largest absolute Gasteiger partial charge is 0.354 e. The summed E-state index contributed by atoms with van der Waals surface area (Å²) in [5, 5.41) is 2.90. The maximum absolute atomic E-state index is 11.7. The monoisotopic (exact) mass is 270 g/mol. The van der Waals surface area contributed by atoms with Gasteiger partial charge in [-0.1, -0.05) is 51.1 Å². The third-order valence-corrected chi connectivity index (χ3v) is 2.97. The maximum atomic E-state index is 11.7. The summed E-state index contributed by atoms with van der Waals surface area (Å²) in [4.78, 5) is 11.7. The quantitative estimate of drug-likeness (QED) is 0.863. The zero-order chi connectivity index (χ0) is 12.8. The molecule has 0 heterocycles. The lowest BCUT2D eigenvalue weighted by atomic mass is 10.0. The molecule has 1 amide bonds. The Labute approximate surface area is 116 Å². The van der Waals surface area contributed by atoms with E-state index in [0.29, 0.717) is 12.5 Å². The first-order valence-corrected chi connectivity index (χ1v) is 6.10. The standard InChI is InChI=1S/C14H22N2O.ClH/c1-10(2)13(15)14(17)16-9-11(3)12-7-5-4-6-8-12;/h4-8,10-11,13H,9,15H2,1-3H3,(H,16,17);1H. The Balaban J connectivity index is 0.00000289. The molecule has 0 radical (unpaired) electrons. The molecule has 0 saturated heterocycles. The van der Waals surface area contributed by atoms with Crippen molar-refractivity contribution in [1.29, 1.82) is 0 Å². The average molecular weight is 271 g/mol. The van der Waals surface area contributed by atoms with Crippen LogP contribution in [0, 0.1) is 5.92 Å². The van der Waals surface area contributed by atoms with Gasteiger partial charge in [0.2, 0.25) is 5.91 Å². The van der Waals surface area contributed by atoms with Crippen molar-refractivity contribution in [2.45, 2.75) is 32.7 Å². The minimum absolute atomic E-state index is 0. The van der Waals surface area contributed by atoms with Crippen LogP contribution >= 0.6 is 12.4 Å². The molecule has 1 aromatic rings. The van der Waals surface area contributed by atoms with Crippen LogP contribution in [0.3, 0.4) is 0 Å². The molecule has 2 atom stereocenters. The zero-order valence-electron chi connectivity index (χ0n) is 11.2. The minimum Gasteiger partial charge on any atom is -0.354 e. The molecule has 3 N–H and O–H groups in total. The van der Waals surface area contributed by atoms with Crippen molar-refractivity contribution >= 4 is 18.3 Å². The number of nitrogens with two attached hydrogens (primary N) is 1. The van der Waals surface area contributed by atoms with E-state index in [9.17, 15) is 4.79 Å². The fourth-order valence-electron chi connectivity index (χ4n) is 1.57. The van der Waals surface area contributed by atoms with E-state index < -0.39 is 6.04 Å². The van der Waals surface area contributed by atoms with E-state index in [1.54, 1.807) is 0 Å². The van der Waals surface area contributed by atoms with Gasteiger partial charge < -0.3 is 11.1 Å². The molecule has 0 aliphatic carbocycles. The molecular weight excluding hydrogens is 248 g/mol. The lowest BCUT2D eigenvalue weighted by Crippen LogP contribution is -2.44. The van der Waals surface area contributed by atoms with Gasteiger partial charge in [0.25, 0.3) is 0 Å². The Morgan fingerprint density at radius 2 is 1.78 bits per heavy atom. The Morgan fingerprint density at radius 3 is 2.28 bits per heavy atom. The van der Waals surface area contributed by atoms with Crippen LogP contribution in [0.2, 0.25) is 0 Å². The number of hydrogen-bond acceptors (Lipinski definition) is 2. The van der Waals surface area contributed by atoms with E-state index in [2.05, 4.69) is 24.4 Å². The van der Waals surface area contributed by atoms with E-state index in [0.717, 1.165) is 0 Å². The molecular formula is C14H23ClN2O. The summed E-state index contributed by atoms with van der Waals surface area (Å²) in [5.41, 5.74) is 7.00. The van der Waals surface area contributed by atoms with Crippen molar-refractivity contribution in [2.24, 2.45) is 11.7 Å². The number of rotatable bonds is 5. The van der Waals surface area contributed by atoms with Crippen molar-refractivity contribution in [1.82, 2.24) is 5.32 Å². The Bertz CT molecular complexity index is 354. The second-order valence-corrected chi connectivity index (χ2v) is 4.83. The molecule has 4 heteroatoms. The van der Waals surface area contributed by atoms with Gasteiger partial charge in [0.15, 0.2) is 0 Å². The predicted octanol–water partition coefficient (Wildman–Crippen LogP) is 2.31. The van der Waals surface area contributed by atoms with Crippen LogP contribution in [0.4, 0.5) is 0 Å². The predicted molar refractivity (Wildman–Crippen MR) is 77.9 cm³/mol. The third-order valence-electron chi connectivity index (χ3n) is 2.97. The fourth-order valence-corrected chi connectivity index (χ4v) is 1.57. The molecule has 0 spiro atoms. The highest BCUT2D eigenvalue weighted by Gasteiger charge is 2.17. The van der Waals surface area contributed by atoms with Gasteiger partial charge in [-0.25, -0.2) is 0 Å². The Hall–Kier alpha value is -1.06. The highest BCUT2D eigenvalue weighted by Crippen LogP contribution is 2.13. The van der Waals surface area contributed by atoms with E-state index in [1.165, 1.54) is 5.56 Å². The topological polar surface area (TPSA) is 55.1 Å². The smallest absolute Gasteiger partial charge is 0.237 e. The third kappa shape index (κ3) is 5.07. The van der Waals surface area contributed by atoms with E-state index >= 15 is 0 Å². The van der Waals surface area contributed by atoms with Gasteiger partial charge in [0.05, 0.1) is 6.04 Å². The lowest BCUT2D eigenvalue weighted by Gasteiger charge is -2.18. The van der Waals surface area contributed by atoms with Crippen molar-refractivity contribution in [3.05, 3.63) is 35.9 Å². The molecule has 0 fully saturated rings. The fraction of sp³-hybridized carbons (Fsp3) is 0.500. The summed E-state index contributed by atoms with van der Waals surface area (Å²) in [6.07, 6.45) is 0. The van der Waals surface area contributed by atoms with Gasteiger partial charge in [-0.05, 0) is 17.4 Å². The first-order valence-electron chi connectivity index (χ1n) is 6.10. The van der Waals surface area contributed by atoms with Crippen LogP contribution in [0.25, 0.3) is 0 Å². The molecule has 0 bridgehead atoms. The molecule has 0 aromatic heterocycles. The summed E-state index contributed by atoms with van der Waals surface area (Å²) in [6.45, 7) is 6.62. The van der Waals surface area contributed by atoms with Crippen molar-refractivity contribution in [3.8, 4) is 0 Å². The van der Waals surface area contributed by atoms with Crippen LogP contribution in [0.1, 0.15) is 32.3 Å². The maximum Gasteiger partial charge on any atom is 0.237 e. The number of halogens is 1. The molecule has 1 rings (SSSR count). The van der Waals surface area contributed by atoms with Crippen LogP contribution in [-0.4, -0.2) is 18.5 Å². The van der Waals surface area contributed by atoms with Gasteiger partial charge in [-0.2, -0.15) is 0 Å². The van der Waals surface area contributed by atoms with E-state index in [-0.39, 0.29) is 24.2 Å². The van der Waals surface area contributed by atoms with Crippen LogP contribution in [0.5, 0.6) is 0 Å². The summed E-state index contributed by atoms with van der Waals surface area (Å²) < 4.78 is 0. The first-order chi connectivity index (χ1) is 8.02. The molecule has 2 unspecified atom stereocenters. The highest BCUT2D eigenvalue weighted by molar-refractivity contribution is 5.85. The summed E-state index contributed by atoms with van der Waals surface area (Å²) in [6, 6.07) is 9.72. The summed E-state index contributed by atoms with van der Waals surface area (Å²) >= 11 is 0. The highest BCUT2D eigenvalue weighted by atomic mass is 35.5. The van der Waals surface area contributed by atoms with E-state index in [4.69, 9.17) is 5.73 Å². The Morgan fingerprint density at radius 1 is 1.22 bits per heavy atom. The molecule has 1 aromatic carbocycles. The second-order valence-electron chi connectivity index (χ2n) is 4.83. The number of hydrogen-bond donors (Lipinski definition) is 2. The van der Waals surface area contributed by atoms with Crippen molar-refractivity contribution in [3.63, 3.8) is 0 Å². The van der Waals surface area contributed by atoms with Gasteiger partial charge in [-0.3, -0.25) is 4.79 Å². The minimum atomic E-state index is -0.419. The normalized spacial score (nSPS) is 13.6. The van der Waals surface area contributed by atoms with Gasteiger partial charge in [-0.15, -0.1) is 12.4 Å². The first kappa shape index (κ1) is 16.9. The SMILES string of the molecule is CC(CNC(=O)C(N)C(C)C)c1ccccc1.Cl. The van der Waals surface area contributed by atoms with Gasteiger partial charge in [0, 0.05) is 6.54 Å². The number of carbonyl (C=O) groups excluding carboxylic acids is 1. The second kappa shape index (κ2) is 8.11. The number of amides is 1. The van der Waals surface area contributed by atoms with Crippen LogP contribution in [0.15, 0.2) is 30.3 Å². The molecule has 3 nitrogen and oxygen atoms in total. The van der Waals surface area contributed by atoms with E-state index in [1.807, 2.05) is 32.0 Å². The number of carbonyl (C=O) groups is 1. The number of benzene rings is 1. The summed E-state index contributed by atoms with van der Waals surface area (Å²) in [5.74, 6) is 0.407. The van der Waals surface area contributed by atoms with Crippen molar-refractivity contribution < 1.29 is 4.79 Å². The average Bonchev–Trinajstić information content (AvgIpc) is 2.35.